The van der Waals surface area contributed by atoms with Crippen LogP contribution in [0.4, 0.5) is 0 Å². The Bertz CT molecular complexity index is 159. The fraction of sp³-hybridized carbons (Fsp3) is 1.00. The molecule has 1 aliphatic heterocycles. The van der Waals surface area contributed by atoms with Crippen LogP contribution in [0.2, 0.25) is 0 Å². The van der Waals surface area contributed by atoms with E-state index in [2.05, 4.69) is 24.5 Å². The lowest BCUT2D eigenvalue weighted by Crippen LogP contribution is -2.31. The van der Waals surface area contributed by atoms with Crippen molar-refractivity contribution < 1.29 is 0 Å². The second-order valence-corrected chi connectivity index (χ2v) is 5.19. The van der Waals surface area contributed by atoms with Gasteiger partial charge in [-0.15, -0.1) is 0 Å². The summed E-state index contributed by atoms with van der Waals surface area (Å²) in [4.78, 5) is 0. The van der Waals surface area contributed by atoms with Gasteiger partial charge in [0.1, 0.15) is 0 Å². The van der Waals surface area contributed by atoms with E-state index >= 15 is 0 Å². The first-order valence-corrected chi connectivity index (χ1v) is 7.33. The van der Waals surface area contributed by atoms with Crippen molar-refractivity contribution in [3.63, 3.8) is 0 Å². The van der Waals surface area contributed by atoms with Crippen molar-refractivity contribution in [2.45, 2.75) is 77.3 Å². The summed E-state index contributed by atoms with van der Waals surface area (Å²) in [7, 11) is 0. The fourth-order valence-corrected chi connectivity index (χ4v) is 2.49. The monoisotopic (exact) mass is 226 g/mol. The maximum absolute atomic E-state index is 3.65. The second kappa shape index (κ2) is 9.00. The Morgan fingerprint density at radius 2 is 1.88 bits per heavy atom. The molecule has 1 heterocycles. The molecular weight excluding hydrogens is 196 g/mol. The number of unbranched alkanes of at least 4 members (excludes halogenated alkanes) is 4. The van der Waals surface area contributed by atoms with Gasteiger partial charge in [-0.05, 0) is 25.8 Å². The Labute approximate surface area is 102 Å². The zero-order valence-corrected chi connectivity index (χ0v) is 11.2. The van der Waals surface area contributed by atoms with Gasteiger partial charge in [-0.25, -0.2) is 0 Å². The first-order valence-electron chi connectivity index (χ1n) is 7.33. The van der Waals surface area contributed by atoms with E-state index in [9.17, 15) is 0 Å². The molecule has 0 amide bonds. The van der Waals surface area contributed by atoms with Crippen molar-refractivity contribution in [2.75, 3.05) is 13.1 Å². The van der Waals surface area contributed by atoms with Crippen LogP contribution in [0.15, 0.2) is 0 Å². The Kier molecular flexibility index (Phi) is 7.87. The normalized spacial score (nSPS) is 25.1. The lowest BCUT2D eigenvalue weighted by molar-refractivity contribution is 0.489. The van der Waals surface area contributed by atoms with Crippen LogP contribution in [0, 0.1) is 0 Å². The molecule has 0 radical (unpaired) electrons. The molecule has 0 aliphatic carbocycles. The van der Waals surface area contributed by atoms with Gasteiger partial charge in [-0.2, -0.15) is 0 Å². The molecule has 1 saturated heterocycles. The average Bonchev–Trinajstić information content (AvgIpc) is 2.73. The molecule has 96 valence electrons. The van der Waals surface area contributed by atoms with Gasteiger partial charge >= 0.3 is 0 Å². The van der Waals surface area contributed by atoms with Gasteiger partial charge in [0.05, 0.1) is 0 Å². The third kappa shape index (κ3) is 5.86. The fourth-order valence-electron chi connectivity index (χ4n) is 2.49. The average molecular weight is 226 g/mol. The van der Waals surface area contributed by atoms with Gasteiger partial charge in [0.2, 0.25) is 0 Å². The summed E-state index contributed by atoms with van der Waals surface area (Å²) in [6.45, 7) is 6.92. The zero-order valence-electron chi connectivity index (χ0n) is 11.2. The molecule has 0 aromatic rings. The molecule has 1 aliphatic rings. The summed E-state index contributed by atoms with van der Waals surface area (Å²) in [5.41, 5.74) is 0. The quantitative estimate of drug-likeness (QED) is 0.590. The zero-order chi connectivity index (χ0) is 11.6. The highest BCUT2D eigenvalue weighted by atomic mass is 15.0. The van der Waals surface area contributed by atoms with Crippen LogP contribution in [0.1, 0.15) is 65.2 Å². The molecule has 0 spiro atoms. The van der Waals surface area contributed by atoms with Crippen molar-refractivity contribution >= 4 is 0 Å². The lowest BCUT2D eigenvalue weighted by atomic mass is 10.0. The summed E-state index contributed by atoms with van der Waals surface area (Å²) in [6.07, 6.45) is 10.9. The molecule has 2 heteroatoms. The molecule has 0 bridgehead atoms. The van der Waals surface area contributed by atoms with E-state index < -0.39 is 0 Å². The number of nitrogens with one attached hydrogen (secondary N) is 2. The van der Waals surface area contributed by atoms with Crippen LogP contribution in [-0.4, -0.2) is 25.2 Å². The summed E-state index contributed by atoms with van der Waals surface area (Å²) >= 11 is 0. The summed E-state index contributed by atoms with van der Waals surface area (Å²) in [5.74, 6) is 0. The second-order valence-electron chi connectivity index (χ2n) is 5.19. The highest BCUT2D eigenvalue weighted by Gasteiger charge is 2.22. The Hall–Kier alpha value is -0.0800. The Morgan fingerprint density at radius 3 is 2.62 bits per heavy atom. The summed E-state index contributed by atoms with van der Waals surface area (Å²) in [6, 6.07) is 1.53. The molecule has 0 saturated carbocycles. The van der Waals surface area contributed by atoms with Crippen LogP contribution < -0.4 is 10.6 Å². The maximum Gasteiger partial charge on any atom is 0.0207 e. The van der Waals surface area contributed by atoms with Crippen LogP contribution >= 0.6 is 0 Å². The van der Waals surface area contributed by atoms with Crippen LogP contribution in [0.3, 0.4) is 0 Å². The summed E-state index contributed by atoms with van der Waals surface area (Å²) < 4.78 is 0. The smallest absolute Gasteiger partial charge is 0.0207 e. The van der Waals surface area contributed by atoms with E-state index in [1.165, 1.54) is 64.5 Å². The van der Waals surface area contributed by atoms with E-state index in [0.29, 0.717) is 0 Å². The molecule has 2 nitrogen and oxygen atoms in total. The van der Waals surface area contributed by atoms with E-state index in [1.807, 2.05) is 0 Å². The van der Waals surface area contributed by atoms with Gasteiger partial charge in [-0.1, -0.05) is 46.0 Å². The molecule has 1 fully saturated rings. The minimum atomic E-state index is 0.739. The minimum Gasteiger partial charge on any atom is -0.313 e. The topological polar surface area (TPSA) is 24.1 Å². The highest BCUT2D eigenvalue weighted by Crippen LogP contribution is 2.14. The highest BCUT2D eigenvalue weighted by molar-refractivity contribution is 4.85. The predicted octanol–water partition coefficient (Wildman–Crippen LogP) is 3.08. The van der Waals surface area contributed by atoms with Crippen LogP contribution in [0.25, 0.3) is 0 Å². The van der Waals surface area contributed by atoms with E-state index in [-0.39, 0.29) is 0 Å². The number of rotatable bonds is 9. The summed E-state index contributed by atoms with van der Waals surface area (Å²) in [5, 5.41) is 7.30. The van der Waals surface area contributed by atoms with Gasteiger partial charge in [0, 0.05) is 18.6 Å². The molecule has 2 atom stereocenters. The Balaban J connectivity index is 1.97. The largest absolute Gasteiger partial charge is 0.313 e. The molecule has 1 rings (SSSR count). The lowest BCUT2D eigenvalue weighted by Gasteiger charge is -2.11. The number of hydrogen-bond acceptors (Lipinski definition) is 2. The molecule has 0 aromatic carbocycles. The van der Waals surface area contributed by atoms with Crippen molar-refractivity contribution in [3.8, 4) is 0 Å². The van der Waals surface area contributed by atoms with E-state index in [1.54, 1.807) is 0 Å². The molecule has 2 N–H and O–H groups in total. The standard InChI is InChI=1S/C14H30N2/c1-3-5-7-8-9-13-11-14(12-16-13)15-10-6-4-2/h13-16H,3-12H2,1-2H3. The third-order valence-electron chi connectivity index (χ3n) is 3.59. The van der Waals surface area contributed by atoms with Crippen molar-refractivity contribution in [1.29, 1.82) is 0 Å². The van der Waals surface area contributed by atoms with Gasteiger partial charge < -0.3 is 10.6 Å². The Morgan fingerprint density at radius 1 is 1.06 bits per heavy atom. The third-order valence-corrected chi connectivity index (χ3v) is 3.59. The van der Waals surface area contributed by atoms with E-state index in [4.69, 9.17) is 0 Å². The first kappa shape index (κ1) is 14.0. The maximum atomic E-state index is 3.65. The molecule has 16 heavy (non-hydrogen) atoms. The van der Waals surface area contributed by atoms with Crippen molar-refractivity contribution in [1.82, 2.24) is 10.6 Å². The SMILES string of the molecule is CCCCCCC1CC(NCCCC)CN1. The van der Waals surface area contributed by atoms with Crippen LogP contribution in [0.5, 0.6) is 0 Å². The van der Waals surface area contributed by atoms with E-state index in [0.717, 1.165) is 12.1 Å². The van der Waals surface area contributed by atoms with Gasteiger partial charge in [0.15, 0.2) is 0 Å². The van der Waals surface area contributed by atoms with Crippen molar-refractivity contribution in [2.24, 2.45) is 0 Å². The first-order chi connectivity index (χ1) is 7.86. The van der Waals surface area contributed by atoms with Gasteiger partial charge in [0.25, 0.3) is 0 Å². The minimum absolute atomic E-state index is 0.739. The molecule has 0 aromatic heterocycles. The van der Waals surface area contributed by atoms with Crippen LogP contribution in [-0.2, 0) is 0 Å². The van der Waals surface area contributed by atoms with Crippen molar-refractivity contribution in [3.05, 3.63) is 0 Å². The molecule has 2 unspecified atom stereocenters. The predicted molar refractivity (Wildman–Crippen MR) is 71.9 cm³/mol. The van der Waals surface area contributed by atoms with Gasteiger partial charge in [-0.3, -0.25) is 0 Å². The molecular formula is C14H30N2. The number of hydrogen-bond donors (Lipinski definition) is 2.